The quantitative estimate of drug-likeness (QED) is 0.817. The molecule has 0 fully saturated rings. The Morgan fingerprint density at radius 2 is 2.28 bits per heavy atom. The topological polar surface area (TPSA) is 54.4 Å². The molecule has 5 heteroatoms. The van der Waals surface area contributed by atoms with Crippen LogP contribution in [-0.4, -0.2) is 35.7 Å². The monoisotopic (exact) mass is 266 g/mol. The lowest BCUT2D eigenvalue weighted by Gasteiger charge is -2.12. The van der Waals surface area contributed by atoms with E-state index in [2.05, 4.69) is 10.3 Å². The van der Waals surface area contributed by atoms with Crippen LogP contribution in [0.1, 0.15) is 0 Å². The number of fused-ring (bicyclic) bond motifs is 1. The molecule has 1 unspecified atom stereocenters. The van der Waals surface area contributed by atoms with Crippen LogP contribution >= 0.6 is 11.6 Å². The first-order valence-corrected chi connectivity index (χ1v) is 6.09. The molecular formula is C13H15ClN2O2. The van der Waals surface area contributed by atoms with Gasteiger partial charge < -0.3 is 15.2 Å². The fraction of sp³-hybridized carbons (Fsp3) is 0.308. The predicted octanol–water partition coefficient (Wildman–Crippen LogP) is 2.61. The Bertz CT molecular complexity index is 533. The van der Waals surface area contributed by atoms with Gasteiger partial charge in [0.05, 0.1) is 12.0 Å². The zero-order chi connectivity index (χ0) is 13.0. The first-order chi connectivity index (χ1) is 8.70. The minimum absolute atomic E-state index is 0.121. The number of aromatic nitrogens is 1. The van der Waals surface area contributed by atoms with Crippen LogP contribution in [0.3, 0.4) is 0 Å². The fourth-order valence-electron chi connectivity index (χ4n) is 1.74. The molecule has 0 radical (unpaired) electrons. The van der Waals surface area contributed by atoms with Crippen molar-refractivity contribution in [1.29, 1.82) is 0 Å². The van der Waals surface area contributed by atoms with E-state index >= 15 is 0 Å². The van der Waals surface area contributed by atoms with Gasteiger partial charge in [0.15, 0.2) is 0 Å². The van der Waals surface area contributed by atoms with Gasteiger partial charge in [-0.25, -0.2) is 4.98 Å². The number of phenolic OH excluding ortho intramolecular Hbond substituents is 1. The zero-order valence-electron chi connectivity index (χ0n) is 10.1. The van der Waals surface area contributed by atoms with Gasteiger partial charge in [-0.15, -0.1) is 11.6 Å². The number of rotatable bonds is 5. The number of phenols is 1. The van der Waals surface area contributed by atoms with Crippen LogP contribution in [0.5, 0.6) is 5.75 Å². The van der Waals surface area contributed by atoms with Gasteiger partial charge in [0.25, 0.3) is 0 Å². The van der Waals surface area contributed by atoms with E-state index in [1.165, 1.54) is 0 Å². The molecule has 0 aliphatic rings. The van der Waals surface area contributed by atoms with E-state index in [4.69, 9.17) is 16.3 Å². The highest BCUT2D eigenvalue weighted by Crippen LogP contribution is 2.25. The largest absolute Gasteiger partial charge is 0.508 e. The van der Waals surface area contributed by atoms with Crippen LogP contribution in [0, 0.1) is 0 Å². The van der Waals surface area contributed by atoms with Gasteiger partial charge in [-0.3, -0.25) is 0 Å². The van der Waals surface area contributed by atoms with Gasteiger partial charge in [0.1, 0.15) is 11.6 Å². The second kappa shape index (κ2) is 5.89. The Kier molecular flexibility index (Phi) is 4.23. The van der Waals surface area contributed by atoms with Gasteiger partial charge >= 0.3 is 0 Å². The number of benzene rings is 1. The van der Waals surface area contributed by atoms with Gasteiger partial charge in [-0.05, 0) is 23.6 Å². The molecule has 0 bridgehead atoms. The number of nitrogens with zero attached hydrogens (tertiary/aromatic N) is 1. The lowest BCUT2D eigenvalue weighted by Crippen LogP contribution is -2.19. The summed E-state index contributed by atoms with van der Waals surface area (Å²) in [6, 6.07) is 7.09. The van der Waals surface area contributed by atoms with Crippen molar-refractivity contribution >= 4 is 28.2 Å². The van der Waals surface area contributed by atoms with E-state index in [0.29, 0.717) is 19.0 Å². The Labute approximate surface area is 111 Å². The van der Waals surface area contributed by atoms with Crippen molar-refractivity contribution in [2.75, 3.05) is 25.6 Å². The Balaban J connectivity index is 2.19. The van der Waals surface area contributed by atoms with Crippen LogP contribution in [0.15, 0.2) is 30.5 Å². The summed E-state index contributed by atoms with van der Waals surface area (Å²) < 4.78 is 4.97. The molecule has 2 rings (SSSR count). The summed E-state index contributed by atoms with van der Waals surface area (Å²) in [5.41, 5.74) is 0. The molecule has 18 heavy (non-hydrogen) atoms. The summed E-state index contributed by atoms with van der Waals surface area (Å²) in [6.07, 6.45) is 1.72. The third-order valence-corrected chi connectivity index (χ3v) is 2.87. The van der Waals surface area contributed by atoms with Crippen molar-refractivity contribution in [1.82, 2.24) is 4.98 Å². The van der Waals surface area contributed by atoms with Crippen LogP contribution in [-0.2, 0) is 4.74 Å². The third kappa shape index (κ3) is 3.03. The molecule has 96 valence electrons. The van der Waals surface area contributed by atoms with Crippen LogP contribution in [0.25, 0.3) is 10.8 Å². The van der Waals surface area contributed by atoms with E-state index < -0.39 is 0 Å². The summed E-state index contributed by atoms with van der Waals surface area (Å²) in [5.74, 6) is 0.933. The summed E-state index contributed by atoms with van der Waals surface area (Å²) in [6.45, 7) is 1.03. The Morgan fingerprint density at radius 1 is 1.44 bits per heavy atom. The number of hydrogen-bond acceptors (Lipinski definition) is 4. The first-order valence-electron chi connectivity index (χ1n) is 5.65. The number of aromatic hydroxyl groups is 1. The molecule has 4 nitrogen and oxygen atoms in total. The van der Waals surface area contributed by atoms with E-state index in [0.717, 1.165) is 10.8 Å². The Morgan fingerprint density at radius 3 is 3.06 bits per heavy atom. The standard InChI is InChI=1S/C13H15ClN2O2/c1-18-8-10(14)7-16-13-12-6-11(17)3-2-9(12)4-5-15-13/h2-6,10,17H,7-8H2,1H3,(H,15,16). The highest BCUT2D eigenvalue weighted by molar-refractivity contribution is 6.21. The molecule has 0 amide bonds. The second-order valence-electron chi connectivity index (χ2n) is 4.00. The molecule has 0 saturated heterocycles. The summed E-state index contributed by atoms with van der Waals surface area (Å²) >= 11 is 6.05. The molecule has 0 aliphatic carbocycles. The van der Waals surface area contributed by atoms with Crippen molar-refractivity contribution in [2.45, 2.75) is 5.38 Å². The third-order valence-electron chi connectivity index (χ3n) is 2.59. The number of alkyl halides is 1. The number of halogens is 1. The average molecular weight is 267 g/mol. The number of pyridine rings is 1. The minimum Gasteiger partial charge on any atom is -0.508 e. The van der Waals surface area contributed by atoms with Crippen molar-refractivity contribution in [2.24, 2.45) is 0 Å². The molecule has 1 heterocycles. The smallest absolute Gasteiger partial charge is 0.134 e. The summed E-state index contributed by atoms with van der Waals surface area (Å²) in [7, 11) is 1.61. The fourth-order valence-corrected chi connectivity index (χ4v) is 1.95. The van der Waals surface area contributed by atoms with E-state index in [1.54, 1.807) is 25.4 Å². The maximum atomic E-state index is 9.51. The van der Waals surface area contributed by atoms with Crippen LogP contribution in [0.2, 0.25) is 0 Å². The summed E-state index contributed by atoms with van der Waals surface area (Å²) in [5, 5.41) is 14.4. The predicted molar refractivity (Wildman–Crippen MR) is 73.4 cm³/mol. The van der Waals surface area contributed by atoms with Crippen molar-refractivity contribution < 1.29 is 9.84 Å². The van der Waals surface area contributed by atoms with E-state index in [9.17, 15) is 5.11 Å². The van der Waals surface area contributed by atoms with Gasteiger partial charge in [0, 0.05) is 25.2 Å². The number of anilines is 1. The molecule has 1 atom stereocenters. The van der Waals surface area contributed by atoms with E-state index in [-0.39, 0.29) is 11.1 Å². The summed E-state index contributed by atoms with van der Waals surface area (Å²) in [4.78, 5) is 4.26. The molecule has 0 saturated carbocycles. The maximum absolute atomic E-state index is 9.51. The SMILES string of the molecule is COCC(Cl)CNc1nccc2ccc(O)cc12. The van der Waals surface area contributed by atoms with Crippen molar-refractivity contribution in [3.05, 3.63) is 30.5 Å². The van der Waals surface area contributed by atoms with Crippen LogP contribution < -0.4 is 5.32 Å². The normalized spacial score (nSPS) is 12.6. The van der Waals surface area contributed by atoms with Crippen molar-refractivity contribution in [3.63, 3.8) is 0 Å². The van der Waals surface area contributed by atoms with Gasteiger partial charge in [-0.2, -0.15) is 0 Å². The second-order valence-corrected chi connectivity index (χ2v) is 4.62. The number of methoxy groups -OCH3 is 1. The Hall–Kier alpha value is -1.52. The maximum Gasteiger partial charge on any atom is 0.134 e. The molecule has 1 aromatic heterocycles. The minimum atomic E-state index is -0.121. The number of ether oxygens (including phenoxy) is 1. The molecule has 2 aromatic rings. The molecular weight excluding hydrogens is 252 g/mol. The molecule has 0 aliphatic heterocycles. The van der Waals surface area contributed by atoms with Crippen LogP contribution in [0.4, 0.5) is 5.82 Å². The van der Waals surface area contributed by atoms with E-state index in [1.807, 2.05) is 12.1 Å². The molecule has 1 aromatic carbocycles. The zero-order valence-corrected chi connectivity index (χ0v) is 10.8. The van der Waals surface area contributed by atoms with Gasteiger partial charge in [0.2, 0.25) is 0 Å². The number of hydrogen-bond donors (Lipinski definition) is 2. The van der Waals surface area contributed by atoms with Crippen molar-refractivity contribution in [3.8, 4) is 5.75 Å². The highest BCUT2D eigenvalue weighted by Gasteiger charge is 2.07. The first kappa shape index (κ1) is 12.9. The average Bonchev–Trinajstić information content (AvgIpc) is 2.36. The number of nitrogens with one attached hydrogen (secondary N) is 1. The highest BCUT2D eigenvalue weighted by atomic mass is 35.5. The van der Waals surface area contributed by atoms with Gasteiger partial charge in [-0.1, -0.05) is 6.07 Å². The molecule has 2 N–H and O–H groups in total. The molecule has 0 spiro atoms. The lowest BCUT2D eigenvalue weighted by atomic mass is 10.1. The lowest BCUT2D eigenvalue weighted by molar-refractivity contribution is 0.200.